The van der Waals surface area contributed by atoms with Crippen molar-refractivity contribution in [3.05, 3.63) is 116 Å². The molecule has 5 rings (SSSR count). The zero-order chi connectivity index (χ0) is 24.7. The summed E-state index contributed by atoms with van der Waals surface area (Å²) in [6.45, 7) is 0.506. The summed E-state index contributed by atoms with van der Waals surface area (Å²) < 4.78 is 16.6. The third kappa shape index (κ3) is 4.25. The number of nitrogens with one attached hydrogen (secondary N) is 1. The lowest BCUT2D eigenvalue weighted by Crippen LogP contribution is -2.45. The van der Waals surface area contributed by atoms with Gasteiger partial charge in [-0.25, -0.2) is 4.39 Å². The molecule has 1 N–H and O–H groups in total. The first-order valence-corrected chi connectivity index (χ1v) is 11.8. The summed E-state index contributed by atoms with van der Waals surface area (Å²) in [5.41, 5.74) is 2.35. The molecule has 176 valence electrons. The Bertz CT molecular complexity index is 1550. The Kier molecular flexibility index (Phi) is 5.98. The number of amides is 2. The molecule has 0 aliphatic carbocycles. The van der Waals surface area contributed by atoms with E-state index in [1.165, 1.54) is 24.3 Å². The molecule has 0 saturated carbocycles. The fourth-order valence-corrected chi connectivity index (χ4v) is 4.92. The first-order valence-electron chi connectivity index (χ1n) is 11.1. The van der Waals surface area contributed by atoms with E-state index in [-0.39, 0.29) is 29.1 Å². The van der Waals surface area contributed by atoms with Crippen LogP contribution in [0.4, 0.5) is 4.39 Å². The van der Waals surface area contributed by atoms with Crippen molar-refractivity contribution in [3.63, 3.8) is 0 Å². The van der Waals surface area contributed by atoms with Crippen LogP contribution in [-0.2, 0) is 13.6 Å². The topological polar surface area (TPSA) is 71.4 Å². The lowest BCUT2D eigenvalue weighted by atomic mass is 9.94. The van der Waals surface area contributed by atoms with Crippen molar-refractivity contribution in [1.29, 1.82) is 0 Å². The molecular weight excluding hydrogens is 513 g/mol. The van der Waals surface area contributed by atoms with Crippen LogP contribution in [0.25, 0.3) is 10.9 Å². The van der Waals surface area contributed by atoms with Crippen LogP contribution in [0.1, 0.15) is 38.0 Å². The number of nitrogens with zero attached hydrogens (tertiary/aromatic N) is 2. The van der Waals surface area contributed by atoms with Gasteiger partial charge in [0, 0.05) is 36.1 Å². The van der Waals surface area contributed by atoms with Crippen molar-refractivity contribution in [2.45, 2.75) is 12.6 Å². The maximum absolute atomic E-state index is 14.3. The number of hydrogen-bond acceptors (Lipinski definition) is 3. The van der Waals surface area contributed by atoms with E-state index in [4.69, 9.17) is 0 Å². The molecule has 6 nitrogen and oxygen atoms in total. The van der Waals surface area contributed by atoms with E-state index in [0.29, 0.717) is 21.9 Å². The number of carbonyl (C=O) groups excluding carboxylic acids is 2. The van der Waals surface area contributed by atoms with Crippen LogP contribution in [0.15, 0.2) is 82.1 Å². The second kappa shape index (κ2) is 9.11. The highest BCUT2D eigenvalue weighted by Crippen LogP contribution is 2.28. The van der Waals surface area contributed by atoms with Gasteiger partial charge in [0.15, 0.2) is 5.43 Å². The average molecular weight is 534 g/mol. The summed E-state index contributed by atoms with van der Waals surface area (Å²) in [5, 5.41) is 3.43. The van der Waals surface area contributed by atoms with E-state index in [2.05, 4.69) is 21.2 Å². The highest BCUT2D eigenvalue weighted by atomic mass is 79.9. The van der Waals surface area contributed by atoms with E-state index in [1.807, 2.05) is 30.3 Å². The van der Waals surface area contributed by atoms with Crippen LogP contribution in [0.3, 0.4) is 0 Å². The molecule has 0 radical (unpaired) electrons. The molecule has 0 saturated heterocycles. The number of carbonyl (C=O) groups is 2. The maximum Gasteiger partial charge on any atom is 0.271 e. The van der Waals surface area contributed by atoms with Crippen molar-refractivity contribution < 1.29 is 14.0 Å². The molecule has 0 bridgehead atoms. The summed E-state index contributed by atoms with van der Waals surface area (Å²) in [7, 11) is 1.75. The van der Waals surface area contributed by atoms with Gasteiger partial charge in [-0.2, -0.15) is 0 Å². The Hall–Kier alpha value is -3.78. The minimum Gasteiger partial charge on any atom is -0.343 e. The molecule has 3 aromatic carbocycles. The predicted molar refractivity (Wildman–Crippen MR) is 135 cm³/mol. The molecule has 2 amide bonds. The molecule has 35 heavy (non-hydrogen) atoms. The van der Waals surface area contributed by atoms with Crippen LogP contribution in [0.2, 0.25) is 0 Å². The van der Waals surface area contributed by atoms with Gasteiger partial charge in [0.25, 0.3) is 11.8 Å². The number of aromatic nitrogens is 1. The van der Waals surface area contributed by atoms with E-state index >= 15 is 0 Å². The molecule has 0 spiro atoms. The van der Waals surface area contributed by atoms with Gasteiger partial charge in [-0.1, -0.05) is 52.3 Å². The third-order valence-electron chi connectivity index (χ3n) is 6.34. The second-order valence-electron chi connectivity index (χ2n) is 8.50. The van der Waals surface area contributed by atoms with E-state index in [9.17, 15) is 18.8 Å². The average Bonchev–Trinajstić information content (AvgIpc) is 2.87. The molecule has 8 heteroatoms. The molecule has 1 aliphatic heterocycles. The predicted octanol–water partition coefficient (Wildman–Crippen LogP) is 4.57. The van der Waals surface area contributed by atoms with Gasteiger partial charge in [-0.05, 0) is 41.5 Å². The van der Waals surface area contributed by atoms with Gasteiger partial charge in [-0.3, -0.25) is 14.4 Å². The summed E-state index contributed by atoms with van der Waals surface area (Å²) in [6.07, 6.45) is 0. The Morgan fingerprint density at radius 1 is 1.03 bits per heavy atom. The van der Waals surface area contributed by atoms with Gasteiger partial charge in [0.05, 0.1) is 17.1 Å². The maximum atomic E-state index is 14.3. The van der Waals surface area contributed by atoms with Crippen LogP contribution >= 0.6 is 15.9 Å². The minimum atomic E-state index is -0.631. The standard InChI is InChI=1S/C27H21BrFN3O3/c1-31-23-9-5-4-8-19(23)25(33)13-24(31)27(35)32-14-16-6-2-3-7-18(16)22(15-32)30-26(34)20-12-17(28)10-11-21(20)29/h2-13,22H,14-15H2,1H3,(H,30,34). The van der Waals surface area contributed by atoms with E-state index in [1.54, 1.807) is 34.7 Å². The lowest BCUT2D eigenvalue weighted by Gasteiger charge is -2.35. The first kappa shape index (κ1) is 23.0. The van der Waals surface area contributed by atoms with Crippen molar-refractivity contribution in [2.24, 2.45) is 7.05 Å². The van der Waals surface area contributed by atoms with Gasteiger partial charge in [0.2, 0.25) is 0 Å². The number of para-hydroxylation sites is 1. The molecule has 1 aromatic heterocycles. The summed E-state index contributed by atoms with van der Waals surface area (Å²) in [6, 6.07) is 19.6. The number of halogens is 2. The highest BCUT2D eigenvalue weighted by molar-refractivity contribution is 9.10. The number of rotatable bonds is 3. The van der Waals surface area contributed by atoms with Crippen LogP contribution in [0.5, 0.6) is 0 Å². The van der Waals surface area contributed by atoms with Crippen LogP contribution < -0.4 is 10.7 Å². The van der Waals surface area contributed by atoms with Crippen molar-refractivity contribution in [3.8, 4) is 0 Å². The third-order valence-corrected chi connectivity index (χ3v) is 6.83. The zero-order valence-corrected chi connectivity index (χ0v) is 20.4. The number of fused-ring (bicyclic) bond motifs is 2. The molecular formula is C27H21BrFN3O3. The number of benzene rings is 3. The largest absolute Gasteiger partial charge is 0.343 e. The summed E-state index contributed by atoms with van der Waals surface area (Å²) in [5.74, 6) is -1.53. The van der Waals surface area contributed by atoms with Crippen molar-refractivity contribution in [1.82, 2.24) is 14.8 Å². The molecule has 0 fully saturated rings. The Labute approximate surface area is 209 Å². The van der Waals surface area contributed by atoms with Crippen LogP contribution in [-0.4, -0.2) is 27.8 Å². The van der Waals surface area contributed by atoms with E-state index in [0.717, 1.165) is 11.1 Å². The van der Waals surface area contributed by atoms with Gasteiger partial charge < -0.3 is 14.8 Å². The lowest BCUT2D eigenvalue weighted by molar-refractivity contribution is 0.0682. The molecule has 4 aromatic rings. The van der Waals surface area contributed by atoms with Crippen molar-refractivity contribution >= 4 is 38.6 Å². The molecule has 1 atom stereocenters. The molecule has 1 aliphatic rings. The highest BCUT2D eigenvalue weighted by Gasteiger charge is 2.31. The van der Waals surface area contributed by atoms with Crippen molar-refractivity contribution in [2.75, 3.05) is 6.54 Å². The number of pyridine rings is 1. The fourth-order valence-electron chi connectivity index (χ4n) is 4.56. The molecule has 1 unspecified atom stereocenters. The SMILES string of the molecule is Cn1c(C(=O)N2Cc3ccccc3C(NC(=O)c3cc(Br)ccc3F)C2)cc(=O)c2ccccc21. The van der Waals surface area contributed by atoms with Gasteiger partial charge in [-0.15, -0.1) is 0 Å². The van der Waals surface area contributed by atoms with Gasteiger partial charge in [0.1, 0.15) is 11.5 Å². The minimum absolute atomic E-state index is 0.0859. The number of aryl methyl sites for hydroxylation is 1. The Morgan fingerprint density at radius 3 is 2.60 bits per heavy atom. The van der Waals surface area contributed by atoms with Gasteiger partial charge >= 0.3 is 0 Å². The monoisotopic (exact) mass is 533 g/mol. The Morgan fingerprint density at radius 2 is 1.77 bits per heavy atom. The smallest absolute Gasteiger partial charge is 0.271 e. The number of hydrogen-bond donors (Lipinski definition) is 1. The summed E-state index contributed by atoms with van der Waals surface area (Å²) in [4.78, 5) is 40.9. The first-order chi connectivity index (χ1) is 16.8. The normalized spacial score (nSPS) is 15.1. The zero-order valence-electron chi connectivity index (χ0n) is 18.8. The van der Waals surface area contributed by atoms with Crippen LogP contribution in [0, 0.1) is 5.82 Å². The molecule has 2 heterocycles. The van der Waals surface area contributed by atoms with E-state index < -0.39 is 17.8 Å². The second-order valence-corrected chi connectivity index (χ2v) is 9.42. The summed E-state index contributed by atoms with van der Waals surface area (Å²) >= 11 is 3.27. The Balaban J connectivity index is 1.49. The fraction of sp³-hybridized carbons (Fsp3) is 0.148. The quantitative estimate of drug-likeness (QED) is 0.419.